The smallest absolute Gasteiger partial charge is 0.0690 e. The molecule has 1 heterocycles. The van der Waals surface area contributed by atoms with E-state index >= 15 is 0 Å². The molecule has 17 heavy (non-hydrogen) atoms. The van der Waals surface area contributed by atoms with Crippen LogP contribution in [-0.4, -0.2) is 11.8 Å². The lowest BCUT2D eigenvalue weighted by molar-refractivity contribution is 0.807. The molecule has 0 radical (unpaired) electrons. The second-order valence-corrected chi connectivity index (χ2v) is 4.71. The van der Waals surface area contributed by atoms with Crippen molar-refractivity contribution < 1.29 is 0 Å². The van der Waals surface area contributed by atoms with Crippen LogP contribution >= 0.6 is 23.2 Å². The van der Waals surface area contributed by atoms with Gasteiger partial charge in [-0.15, -0.1) is 0 Å². The molecule has 0 saturated carbocycles. The highest BCUT2D eigenvalue weighted by Crippen LogP contribution is 2.30. The molecule has 1 unspecified atom stereocenters. The summed E-state index contributed by atoms with van der Waals surface area (Å²) >= 11 is 12.3. The number of rotatable bonds is 3. The highest BCUT2D eigenvalue weighted by atomic mass is 35.5. The summed E-state index contributed by atoms with van der Waals surface area (Å²) < 4.78 is 0. The third-order valence-electron chi connectivity index (χ3n) is 2.72. The Morgan fingerprint density at radius 3 is 2.65 bits per heavy atom. The lowest BCUT2D eigenvalue weighted by atomic mass is 10.1. The predicted molar refractivity (Wildman–Crippen MR) is 75.4 cm³/mol. The first-order chi connectivity index (χ1) is 8.22. The van der Waals surface area contributed by atoms with Crippen LogP contribution < -0.4 is 0 Å². The second kappa shape index (κ2) is 5.52. The van der Waals surface area contributed by atoms with E-state index in [0.29, 0.717) is 10.0 Å². The summed E-state index contributed by atoms with van der Waals surface area (Å²) in [6.45, 7) is 3.65. The Morgan fingerprint density at radius 2 is 2.00 bits per heavy atom. The minimum atomic E-state index is 0.218. The zero-order valence-corrected chi connectivity index (χ0v) is 10.9. The van der Waals surface area contributed by atoms with Crippen molar-refractivity contribution in [3.05, 3.63) is 58.6 Å². The van der Waals surface area contributed by atoms with Crippen LogP contribution in [-0.2, 0) is 0 Å². The summed E-state index contributed by atoms with van der Waals surface area (Å²) in [5, 5.41) is 1.34. The Labute approximate surface area is 111 Å². The Bertz CT molecular complexity index is 469. The Morgan fingerprint density at radius 1 is 1.29 bits per heavy atom. The highest BCUT2D eigenvalue weighted by molar-refractivity contribution is 6.40. The Balaban J connectivity index is 2.30. The number of allylic oxidation sites excluding steroid dienone is 2. The van der Waals surface area contributed by atoms with Gasteiger partial charge in [-0.25, -0.2) is 0 Å². The lowest BCUT2D eigenvalue weighted by Crippen LogP contribution is -1.98. The maximum atomic E-state index is 6.16. The zero-order valence-electron chi connectivity index (χ0n) is 9.37. The number of hydrogen-bond acceptors (Lipinski definition) is 1. The fourth-order valence-electron chi connectivity index (χ4n) is 1.92. The van der Waals surface area contributed by atoms with Crippen molar-refractivity contribution in [1.29, 1.82) is 0 Å². The molecule has 2 rings (SSSR count). The number of nitrogens with zero attached hydrogens (tertiary/aromatic N) is 1. The van der Waals surface area contributed by atoms with Gasteiger partial charge >= 0.3 is 0 Å². The molecule has 1 aromatic carbocycles. The van der Waals surface area contributed by atoms with E-state index < -0.39 is 0 Å². The van der Waals surface area contributed by atoms with Gasteiger partial charge in [0, 0.05) is 11.3 Å². The van der Waals surface area contributed by atoms with Crippen LogP contribution in [0.3, 0.4) is 0 Å². The molecule has 1 aliphatic rings. The number of aliphatic imine (C=N–C) groups is 1. The summed E-state index contributed by atoms with van der Waals surface area (Å²) in [5.74, 6) is 0. The number of benzene rings is 1. The molecule has 0 spiro atoms. The molecular weight excluding hydrogens is 253 g/mol. The van der Waals surface area contributed by atoms with Gasteiger partial charge in [-0.2, -0.15) is 0 Å². The Kier molecular flexibility index (Phi) is 4.03. The van der Waals surface area contributed by atoms with Gasteiger partial charge in [0.25, 0.3) is 0 Å². The molecule has 0 saturated heterocycles. The van der Waals surface area contributed by atoms with Crippen LogP contribution in [0.25, 0.3) is 0 Å². The standard InChI is InChI=1S/C14H13Cl2N/c1-2-3-5-10-8-9-13(17-10)14-11(15)6-4-7-12(14)16/h2-7,10H,1,8-9H2/b5-3+. The lowest BCUT2D eigenvalue weighted by Gasteiger charge is -2.05. The van der Waals surface area contributed by atoms with E-state index in [1.807, 2.05) is 30.4 Å². The topological polar surface area (TPSA) is 12.4 Å². The molecular formula is C14H13Cl2N. The molecule has 0 bridgehead atoms. The molecule has 1 aliphatic heterocycles. The van der Waals surface area contributed by atoms with E-state index in [9.17, 15) is 0 Å². The highest BCUT2D eigenvalue weighted by Gasteiger charge is 2.20. The fourth-order valence-corrected chi connectivity index (χ4v) is 2.54. The van der Waals surface area contributed by atoms with Gasteiger partial charge in [-0.05, 0) is 25.0 Å². The van der Waals surface area contributed by atoms with Crippen molar-refractivity contribution in [2.24, 2.45) is 4.99 Å². The minimum Gasteiger partial charge on any atom is -0.282 e. The molecule has 1 nitrogen and oxygen atoms in total. The quantitative estimate of drug-likeness (QED) is 0.704. The first-order valence-corrected chi connectivity index (χ1v) is 6.28. The molecule has 3 heteroatoms. The van der Waals surface area contributed by atoms with Gasteiger partial charge in [0.2, 0.25) is 0 Å². The summed E-state index contributed by atoms with van der Waals surface area (Å²) in [6, 6.07) is 5.75. The van der Waals surface area contributed by atoms with Crippen LogP contribution in [0.1, 0.15) is 18.4 Å². The van der Waals surface area contributed by atoms with Gasteiger partial charge in [-0.3, -0.25) is 4.99 Å². The van der Waals surface area contributed by atoms with Crippen LogP contribution in [0, 0.1) is 0 Å². The van der Waals surface area contributed by atoms with E-state index in [4.69, 9.17) is 23.2 Å². The number of halogens is 2. The zero-order chi connectivity index (χ0) is 12.3. The predicted octanol–water partition coefficient (Wildman–Crippen LogP) is 4.69. The van der Waals surface area contributed by atoms with Crippen molar-refractivity contribution >= 4 is 28.9 Å². The molecule has 88 valence electrons. The Hall–Kier alpha value is -1.05. The maximum absolute atomic E-state index is 6.16. The number of hydrogen-bond donors (Lipinski definition) is 0. The van der Waals surface area contributed by atoms with Crippen LogP contribution in [0.5, 0.6) is 0 Å². The van der Waals surface area contributed by atoms with Gasteiger partial charge in [0.1, 0.15) is 0 Å². The third-order valence-corrected chi connectivity index (χ3v) is 3.35. The molecule has 0 amide bonds. The molecule has 1 aromatic rings. The molecule has 1 atom stereocenters. The van der Waals surface area contributed by atoms with E-state index in [1.54, 1.807) is 6.08 Å². The summed E-state index contributed by atoms with van der Waals surface area (Å²) in [5.41, 5.74) is 1.88. The van der Waals surface area contributed by atoms with Crippen molar-refractivity contribution in [1.82, 2.24) is 0 Å². The van der Waals surface area contributed by atoms with Gasteiger partial charge in [-0.1, -0.05) is 54.1 Å². The molecule has 0 aromatic heterocycles. The van der Waals surface area contributed by atoms with Crippen LogP contribution in [0.4, 0.5) is 0 Å². The van der Waals surface area contributed by atoms with Gasteiger partial charge in [0.15, 0.2) is 0 Å². The third kappa shape index (κ3) is 2.80. The maximum Gasteiger partial charge on any atom is 0.0690 e. The molecule has 0 N–H and O–H groups in total. The van der Waals surface area contributed by atoms with E-state index in [1.165, 1.54) is 0 Å². The SMILES string of the molecule is C=C/C=C/C1CCC(c2c(Cl)cccc2Cl)=N1. The molecule has 0 aliphatic carbocycles. The summed E-state index contributed by atoms with van der Waals surface area (Å²) in [7, 11) is 0. The van der Waals surface area contributed by atoms with E-state index in [-0.39, 0.29) is 6.04 Å². The summed E-state index contributed by atoms with van der Waals surface area (Å²) in [6.07, 6.45) is 7.64. The average molecular weight is 266 g/mol. The largest absolute Gasteiger partial charge is 0.282 e. The first-order valence-electron chi connectivity index (χ1n) is 5.52. The average Bonchev–Trinajstić information content (AvgIpc) is 2.75. The second-order valence-electron chi connectivity index (χ2n) is 3.90. The first kappa shape index (κ1) is 12.4. The van der Waals surface area contributed by atoms with E-state index in [0.717, 1.165) is 24.1 Å². The van der Waals surface area contributed by atoms with Crippen LogP contribution in [0.2, 0.25) is 10.0 Å². The normalized spacial score (nSPS) is 19.6. The van der Waals surface area contributed by atoms with Crippen molar-refractivity contribution in [2.75, 3.05) is 0 Å². The molecule has 0 fully saturated rings. The summed E-state index contributed by atoms with van der Waals surface area (Å²) in [4.78, 5) is 4.63. The minimum absolute atomic E-state index is 0.218. The van der Waals surface area contributed by atoms with Gasteiger partial charge in [0.05, 0.1) is 16.1 Å². The monoisotopic (exact) mass is 265 g/mol. The van der Waals surface area contributed by atoms with Crippen molar-refractivity contribution in [3.8, 4) is 0 Å². The van der Waals surface area contributed by atoms with Crippen molar-refractivity contribution in [3.63, 3.8) is 0 Å². The van der Waals surface area contributed by atoms with Crippen molar-refractivity contribution in [2.45, 2.75) is 18.9 Å². The van der Waals surface area contributed by atoms with Gasteiger partial charge < -0.3 is 0 Å². The van der Waals surface area contributed by atoms with E-state index in [2.05, 4.69) is 11.6 Å². The fraction of sp³-hybridized carbons (Fsp3) is 0.214. The van der Waals surface area contributed by atoms with Crippen LogP contribution in [0.15, 0.2) is 48.0 Å².